The Morgan fingerprint density at radius 2 is 2.04 bits per heavy atom. The van der Waals surface area contributed by atoms with Crippen LogP contribution in [0.25, 0.3) is 0 Å². The standard InChI is InChI=1S/C18H25ClFNO2S/c1-5-6-7-23-17(24)9-12-8-15(14(20)10-13(12)19)21-16(22)11-18(2,3)4/h8,10H,5-7,9,11H2,1-4H3,(H,21,22). The van der Waals surface area contributed by atoms with Crippen LogP contribution < -0.4 is 5.32 Å². The third-order valence-corrected chi connectivity index (χ3v) is 3.81. The molecule has 24 heavy (non-hydrogen) atoms. The number of benzene rings is 1. The molecule has 0 aliphatic rings. The summed E-state index contributed by atoms with van der Waals surface area (Å²) in [5.41, 5.74) is 0.565. The summed E-state index contributed by atoms with van der Waals surface area (Å²) >= 11 is 11.3. The van der Waals surface area contributed by atoms with Gasteiger partial charge in [0.15, 0.2) is 5.05 Å². The molecule has 1 rings (SSSR count). The topological polar surface area (TPSA) is 38.3 Å². The van der Waals surface area contributed by atoms with Crippen molar-refractivity contribution in [3.8, 4) is 0 Å². The van der Waals surface area contributed by atoms with Gasteiger partial charge < -0.3 is 10.1 Å². The van der Waals surface area contributed by atoms with E-state index in [-0.39, 0.29) is 22.0 Å². The van der Waals surface area contributed by atoms with Gasteiger partial charge >= 0.3 is 0 Å². The Hall–Kier alpha value is -1.20. The van der Waals surface area contributed by atoms with E-state index in [0.717, 1.165) is 12.8 Å². The third-order valence-electron chi connectivity index (χ3n) is 3.20. The highest BCUT2D eigenvalue weighted by atomic mass is 35.5. The molecule has 0 atom stereocenters. The molecule has 134 valence electrons. The van der Waals surface area contributed by atoms with E-state index in [1.165, 1.54) is 12.1 Å². The van der Waals surface area contributed by atoms with Gasteiger partial charge in [-0.1, -0.05) is 45.7 Å². The highest BCUT2D eigenvalue weighted by Crippen LogP contribution is 2.26. The molecule has 0 fully saturated rings. The molecule has 0 radical (unpaired) electrons. The fourth-order valence-corrected chi connectivity index (χ4v) is 2.49. The number of anilines is 1. The SMILES string of the molecule is CCCCOC(=S)Cc1cc(NC(=O)CC(C)(C)C)c(F)cc1Cl. The maximum absolute atomic E-state index is 14.0. The summed E-state index contributed by atoms with van der Waals surface area (Å²) in [6, 6.07) is 2.71. The van der Waals surface area contributed by atoms with Gasteiger partial charge in [-0.15, -0.1) is 0 Å². The highest BCUT2D eigenvalue weighted by Gasteiger charge is 2.18. The first-order chi connectivity index (χ1) is 11.1. The maximum Gasteiger partial charge on any atom is 0.224 e. The molecule has 0 saturated carbocycles. The van der Waals surface area contributed by atoms with Gasteiger partial charge in [-0.3, -0.25) is 4.79 Å². The van der Waals surface area contributed by atoms with E-state index >= 15 is 0 Å². The van der Waals surface area contributed by atoms with Crippen molar-refractivity contribution < 1.29 is 13.9 Å². The summed E-state index contributed by atoms with van der Waals surface area (Å²) in [6.07, 6.45) is 2.54. The minimum atomic E-state index is -0.566. The lowest BCUT2D eigenvalue weighted by molar-refractivity contribution is -0.117. The molecule has 0 bridgehead atoms. The summed E-state index contributed by atoms with van der Waals surface area (Å²) in [5, 5.41) is 3.28. The van der Waals surface area contributed by atoms with Crippen LogP contribution in [-0.4, -0.2) is 17.6 Å². The van der Waals surface area contributed by atoms with Gasteiger partial charge in [0.2, 0.25) is 5.91 Å². The summed E-state index contributed by atoms with van der Waals surface area (Å²) in [7, 11) is 0. The van der Waals surface area contributed by atoms with Crippen LogP contribution in [0, 0.1) is 11.2 Å². The summed E-state index contributed by atoms with van der Waals surface area (Å²) in [6.45, 7) is 8.46. The Labute approximate surface area is 153 Å². The van der Waals surface area contributed by atoms with Crippen LogP contribution >= 0.6 is 23.8 Å². The Balaban J connectivity index is 2.81. The fraction of sp³-hybridized carbons (Fsp3) is 0.556. The van der Waals surface area contributed by atoms with Crippen LogP contribution in [0.1, 0.15) is 52.5 Å². The lowest BCUT2D eigenvalue weighted by Crippen LogP contribution is -2.20. The van der Waals surface area contributed by atoms with Crippen LogP contribution in [0.3, 0.4) is 0 Å². The van der Waals surface area contributed by atoms with Crippen molar-refractivity contribution >= 4 is 40.5 Å². The molecule has 1 aromatic rings. The van der Waals surface area contributed by atoms with E-state index in [2.05, 4.69) is 12.2 Å². The number of thiocarbonyl (C=S) groups is 1. The zero-order chi connectivity index (χ0) is 18.3. The average molecular weight is 374 g/mol. The summed E-state index contributed by atoms with van der Waals surface area (Å²) in [5.74, 6) is -0.805. The first kappa shape index (κ1) is 20.8. The highest BCUT2D eigenvalue weighted by molar-refractivity contribution is 7.80. The van der Waals surface area contributed by atoms with Gasteiger partial charge in [0.1, 0.15) is 5.82 Å². The number of halogens is 2. The molecule has 3 nitrogen and oxygen atoms in total. The molecule has 0 spiro atoms. The maximum atomic E-state index is 14.0. The molecular formula is C18H25ClFNO2S. The molecule has 6 heteroatoms. The second-order valence-electron chi connectivity index (χ2n) is 6.96. The molecule has 1 aromatic carbocycles. The Kier molecular flexibility index (Phi) is 8.10. The van der Waals surface area contributed by atoms with Crippen molar-refractivity contribution in [3.05, 3.63) is 28.5 Å². The van der Waals surface area contributed by atoms with E-state index in [0.29, 0.717) is 30.1 Å². The van der Waals surface area contributed by atoms with Gasteiger partial charge in [-0.25, -0.2) is 4.39 Å². The predicted molar refractivity (Wildman–Crippen MR) is 101 cm³/mol. The molecule has 0 aromatic heterocycles. The predicted octanol–water partition coefficient (Wildman–Crippen LogP) is 5.54. The van der Waals surface area contributed by atoms with Crippen molar-refractivity contribution in [2.24, 2.45) is 5.41 Å². The van der Waals surface area contributed by atoms with Crippen molar-refractivity contribution in [1.29, 1.82) is 0 Å². The molecule has 0 unspecified atom stereocenters. The molecule has 1 amide bonds. The van der Waals surface area contributed by atoms with E-state index in [9.17, 15) is 9.18 Å². The van der Waals surface area contributed by atoms with Gasteiger partial charge in [-0.2, -0.15) is 0 Å². The number of nitrogens with one attached hydrogen (secondary N) is 1. The number of carbonyl (C=O) groups is 1. The monoisotopic (exact) mass is 373 g/mol. The number of amides is 1. The first-order valence-electron chi connectivity index (χ1n) is 8.06. The van der Waals surface area contributed by atoms with Gasteiger partial charge in [-0.05, 0) is 41.7 Å². The lowest BCUT2D eigenvalue weighted by Gasteiger charge is -2.18. The number of carbonyl (C=O) groups excluding carboxylic acids is 1. The number of rotatable bonds is 7. The van der Waals surface area contributed by atoms with Gasteiger partial charge in [0.05, 0.1) is 12.3 Å². The zero-order valence-electron chi connectivity index (χ0n) is 14.7. The first-order valence-corrected chi connectivity index (χ1v) is 8.84. The molecule has 0 aliphatic heterocycles. The number of hydrogen-bond donors (Lipinski definition) is 1. The van der Waals surface area contributed by atoms with Crippen molar-refractivity contribution in [2.45, 2.75) is 53.4 Å². The minimum Gasteiger partial charge on any atom is -0.487 e. The van der Waals surface area contributed by atoms with E-state index in [1.807, 2.05) is 20.8 Å². The Morgan fingerprint density at radius 1 is 1.38 bits per heavy atom. The van der Waals surface area contributed by atoms with Crippen molar-refractivity contribution in [2.75, 3.05) is 11.9 Å². The van der Waals surface area contributed by atoms with Crippen molar-refractivity contribution in [1.82, 2.24) is 0 Å². The second kappa shape index (κ2) is 9.33. The molecule has 0 aliphatic carbocycles. The fourth-order valence-electron chi connectivity index (χ4n) is 2.04. The second-order valence-corrected chi connectivity index (χ2v) is 7.82. The van der Waals surface area contributed by atoms with E-state index in [1.54, 1.807) is 0 Å². The molecule has 0 heterocycles. The van der Waals surface area contributed by atoms with Crippen LogP contribution in [-0.2, 0) is 16.0 Å². The van der Waals surface area contributed by atoms with Crippen LogP contribution in [0.2, 0.25) is 5.02 Å². The normalized spacial score (nSPS) is 11.2. The van der Waals surface area contributed by atoms with Gasteiger partial charge in [0.25, 0.3) is 0 Å². The van der Waals surface area contributed by atoms with Crippen molar-refractivity contribution in [3.63, 3.8) is 0 Å². The van der Waals surface area contributed by atoms with Gasteiger partial charge in [0, 0.05) is 17.9 Å². The number of hydrogen-bond acceptors (Lipinski definition) is 3. The molecule has 0 saturated heterocycles. The zero-order valence-corrected chi connectivity index (χ0v) is 16.2. The van der Waals surface area contributed by atoms with Crippen LogP contribution in [0.5, 0.6) is 0 Å². The summed E-state index contributed by atoms with van der Waals surface area (Å²) in [4.78, 5) is 12.0. The Morgan fingerprint density at radius 3 is 2.62 bits per heavy atom. The average Bonchev–Trinajstić information content (AvgIpc) is 2.42. The quantitative estimate of drug-likeness (QED) is 0.503. The number of unbranched alkanes of at least 4 members (excludes halogenated alkanes) is 1. The van der Waals surface area contributed by atoms with Crippen LogP contribution in [0.4, 0.5) is 10.1 Å². The minimum absolute atomic E-state index is 0.111. The molecular weight excluding hydrogens is 349 g/mol. The number of ether oxygens (including phenoxy) is 1. The largest absolute Gasteiger partial charge is 0.487 e. The Bertz CT molecular complexity index is 599. The van der Waals surface area contributed by atoms with E-state index in [4.69, 9.17) is 28.6 Å². The lowest BCUT2D eigenvalue weighted by atomic mass is 9.92. The van der Waals surface area contributed by atoms with Crippen LogP contribution in [0.15, 0.2) is 12.1 Å². The van der Waals surface area contributed by atoms with E-state index < -0.39 is 5.82 Å². The smallest absolute Gasteiger partial charge is 0.224 e. The summed E-state index contributed by atoms with van der Waals surface area (Å²) < 4.78 is 19.5. The third kappa shape index (κ3) is 7.58. The molecule has 1 N–H and O–H groups in total.